The van der Waals surface area contributed by atoms with Crippen LogP contribution in [0.3, 0.4) is 0 Å². The van der Waals surface area contributed by atoms with E-state index < -0.39 is 12.0 Å². The number of ether oxygens (including phenoxy) is 1. The van der Waals surface area contributed by atoms with E-state index in [0.717, 1.165) is 0 Å². The van der Waals surface area contributed by atoms with Crippen LogP contribution in [0, 0.1) is 0 Å². The molecule has 72 valence electrons. The minimum absolute atomic E-state index is 0.118. The summed E-state index contributed by atoms with van der Waals surface area (Å²) in [5.41, 5.74) is 4.79. The van der Waals surface area contributed by atoms with Gasteiger partial charge >= 0.3 is 0 Å². The molecule has 1 aromatic rings. The number of hydrogen-bond acceptors (Lipinski definition) is 3. The summed E-state index contributed by atoms with van der Waals surface area (Å²) in [5.74, 6) is -0.189. The summed E-state index contributed by atoms with van der Waals surface area (Å²) in [6.07, 6.45) is -2.73. The molecule has 0 aliphatic heterocycles. The first-order valence-electron chi connectivity index (χ1n) is 3.34. The number of nitrogens with two attached hydrogens (primary N) is 1. The Hall–Kier alpha value is -1.10. The summed E-state index contributed by atoms with van der Waals surface area (Å²) in [6, 6.07) is 1.19. The van der Waals surface area contributed by atoms with E-state index in [1.807, 2.05) is 0 Å². The van der Waals surface area contributed by atoms with Crippen LogP contribution in [0.5, 0.6) is 5.88 Å². The first-order valence-corrected chi connectivity index (χ1v) is 3.72. The fraction of sp³-hybridized carbons (Fsp3) is 0.286. The molecule has 13 heavy (non-hydrogen) atoms. The third-order valence-corrected chi connectivity index (χ3v) is 1.75. The molecule has 1 rings (SSSR count). The van der Waals surface area contributed by atoms with Crippen molar-refractivity contribution >= 4 is 17.4 Å². The zero-order chi connectivity index (χ0) is 10.0. The Balaban J connectivity index is 3.23. The highest BCUT2D eigenvalue weighted by Gasteiger charge is 2.18. The zero-order valence-corrected chi connectivity index (χ0v) is 7.48. The summed E-state index contributed by atoms with van der Waals surface area (Å²) in [4.78, 5) is 3.56. The van der Waals surface area contributed by atoms with Crippen LogP contribution in [0.4, 0.5) is 14.6 Å². The van der Waals surface area contributed by atoms with Gasteiger partial charge in [-0.1, -0.05) is 11.6 Å². The molecule has 0 atom stereocenters. The van der Waals surface area contributed by atoms with Crippen LogP contribution < -0.4 is 10.5 Å². The fourth-order valence-corrected chi connectivity index (χ4v) is 1.11. The van der Waals surface area contributed by atoms with Crippen molar-refractivity contribution in [3.05, 3.63) is 16.7 Å². The predicted octanol–water partition coefficient (Wildman–Crippen LogP) is 2.26. The van der Waals surface area contributed by atoms with Gasteiger partial charge in [0.1, 0.15) is 5.82 Å². The lowest BCUT2D eigenvalue weighted by atomic mass is 10.2. The summed E-state index contributed by atoms with van der Waals surface area (Å²) in [6.45, 7) is 0. The minimum atomic E-state index is -2.73. The van der Waals surface area contributed by atoms with E-state index in [9.17, 15) is 8.78 Å². The number of pyridine rings is 1. The molecule has 1 aromatic heterocycles. The van der Waals surface area contributed by atoms with Gasteiger partial charge in [-0.25, -0.2) is 8.78 Å². The fourth-order valence-electron chi connectivity index (χ4n) is 0.840. The molecule has 0 unspecified atom stereocenters. The van der Waals surface area contributed by atoms with Crippen LogP contribution in [0.2, 0.25) is 5.02 Å². The second kappa shape index (κ2) is 3.74. The Morgan fingerprint density at radius 2 is 2.23 bits per heavy atom. The van der Waals surface area contributed by atoms with Crippen LogP contribution in [0.25, 0.3) is 0 Å². The van der Waals surface area contributed by atoms with Crippen LogP contribution in [-0.2, 0) is 0 Å². The van der Waals surface area contributed by atoms with Gasteiger partial charge in [0.05, 0.1) is 17.7 Å². The number of alkyl halides is 2. The Morgan fingerprint density at radius 1 is 1.62 bits per heavy atom. The van der Waals surface area contributed by atoms with Crippen molar-refractivity contribution in [2.75, 3.05) is 12.8 Å². The molecule has 0 saturated carbocycles. The molecule has 2 N–H and O–H groups in total. The second-order valence-electron chi connectivity index (χ2n) is 2.25. The first-order chi connectivity index (χ1) is 6.06. The Morgan fingerprint density at radius 3 is 2.62 bits per heavy atom. The topological polar surface area (TPSA) is 48.1 Å². The molecule has 0 radical (unpaired) electrons. The lowest BCUT2D eigenvalue weighted by Gasteiger charge is -2.07. The van der Waals surface area contributed by atoms with Crippen LogP contribution in [-0.4, -0.2) is 12.1 Å². The second-order valence-corrected chi connectivity index (χ2v) is 2.65. The van der Waals surface area contributed by atoms with Gasteiger partial charge in [0.15, 0.2) is 0 Å². The zero-order valence-electron chi connectivity index (χ0n) is 6.72. The number of nitrogen functional groups attached to an aromatic ring is 1. The Labute approximate surface area is 78.5 Å². The van der Waals surface area contributed by atoms with Gasteiger partial charge in [-0.05, 0) is 0 Å². The Bertz CT molecular complexity index is 296. The molecule has 0 amide bonds. The van der Waals surface area contributed by atoms with Crippen molar-refractivity contribution in [2.24, 2.45) is 0 Å². The lowest BCUT2D eigenvalue weighted by Crippen LogP contribution is -2.01. The van der Waals surface area contributed by atoms with Gasteiger partial charge in [-0.2, -0.15) is 4.98 Å². The highest BCUT2D eigenvalue weighted by Crippen LogP contribution is 2.33. The number of anilines is 1. The molecule has 0 bridgehead atoms. The Kier molecular flexibility index (Phi) is 2.87. The molecule has 0 aliphatic rings. The molecule has 6 heteroatoms. The lowest BCUT2D eigenvalue weighted by molar-refractivity contribution is 0.152. The number of rotatable bonds is 2. The van der Waals surface area contributed by atoms with Gasteiger partial charge in [0.2, 0.25) is 5.88 Å². The summed E-state index contributed by atoms with van der Waals surface area (Å²) in [5, 5.41) is -0.139. The minimum Gasteiger partial charge on any atom is -0.481 e. The number of nitrogens with zero attached hydrogens (tertiary/aromatic N) is 1. The predicted molar refractivity (Wildman–Crippen MR) is 45.2 cm³/mol. The van der Waals surface area contributed by atoms with Crippen molar-refractivity contribution in [1.29, 1.82) is 0 Å². The summed E-state index contributed by atoms with van der Waals surface area (Å²) in [7, 11) is 1.35. The van der Waals surface area contributed by atoms with Crippen molar-refractivity contribution in [3.8, 4) is 5.88 Å². The van der Waals surface area contributed by atoms with E-state index >= 15 is 0 Å². The highest BCUT2D eigenvalue weighted by atomic mass is 35.5. The van der Waals surface area contributed by atoms with E-state index in [1.165, 1.54) is 13.2 Å². The maximum absolute atomic E-state index is 12.3. The number of methoxy groups -OCH3 is 1. The van der Waals surface area contributed by atoms with Crippen LogP contribution in [0.15, 0.2) is 6.07 Å². The molecule has 3 nitrogen and oxygen atoms in total. The molecule has 1 heterocycles. The van der Waals surface area contributed by atoms with Gasteiger partial charge in [-0.3, -0.25) is 0 Å². The average Bonchev–Trinajstić information content (AvgIpc) is 2.02. The third-order valence-electron chi connectivity index (χ3n) is 1.44. The van der Waals surface area contributed by atoms with E-state index in [-0.39, 0.29) is 16.7 Å². The smallest absolute Gasteiger partial charge is 0.268 e. The number of hydrogen-bond donors (Lipinski definition) is 1. The molecule has 0 aliphatic carbocycles. The maximum Gasteiger partial charge on any atom is 0.268 e. The van der Waals surface area contributed by atoms with Crippen LogP contribution >= 0.6 is 11.6 Å². The molecular formula is C7H7ClF2N2O. The van der Waals surface area contributed by atoms with E-state index in [2.05, 4.69) is 4.98 Å². The maximum atomic E-state index is 12.3. The van der Waals surface area contributed by atoms with Crippen molar-refractivity contribution in [2.45, 2.75) is 6.43 Å². The van der Waals surface area contributed by atoms with Crippen LogP contribution in [0.1, 0.15) is 12.0 Å². The van der Waals surface area contributed by atoms with Crippen molar-refractivity contribution < 1.29 is 13.5 Å². The van der Waals surface area contributed by atoms with E-state index in [1.54, 1.807) is 0 Å². The van der Waals surface area contributed by atoms with Gasteiger partial charge in [0.25, 0.3) is 6.43 Å². The normalized spacial score (nSPS) is 10.5. The quantitative estimate of drug-likeness (QED) is 0.811. The first kappa shape index (κ1) is 9.98. The average molecular weight is 209 g/mol. The van der Waals surface area contributed by atoms with E-state index in [0.29, 0.717) is 0 Å². The summed E-state index contributed by atoms with van der Waals surface area (Å²) < 4.78 is 29.2. The summed E-state index contributed by atoms with van der Waals surface area (Å²) >= 11 is 5.53. The standard InChI is InChI=1S/C7H7ClF2N2O/c1-13-4-2-3(8)5(6(9)10)7(11)12-4/h2,6H,1H3,(H2,11,12). The van der Waals surface area contributed by atoms with Gasteiger partial charge in [-0.15, -0.1) is 0 Å². The molecule has 0 spiro atoms. The van der Waals surface area contributed by atoms with Crippen molar-refractivity contribution in [3.63, 3.8) is 0 Å². The number of aromatic nitrogens is 1. The van der Waals surface area contributed by atoms with Crippen molar-refractivity contribution in [1.82, 2.24) is 4.98 Å². The largest absolute Gasteiger partial charge is 0.481 e. The monoisotopic (exact) mass is 208 g/mol. The van der Waals surface area contributed by atoms with E-state index in [4.69, 9.17) is 22.1 Å². The molecule has 0 saturated heterocycles. The SMILES string of the molecule is COc1cc(Cl)c(C(F)F)c(N)n1. The molecule has 0 aromatic carbocycles. The molecular weight excluding hydrogens is 202 g/mol. The highest BCUT2D eigenvalue weighted by molar-refractivity contribution is 6.31. The van der Waals surface area contributed by atoms with Gasteiger partial charge < -0.3 is 10.5 Å². The third kappa shape index (κ3) is 1.98. The number of halogens is 3. The molecule has 0 fully saturated rings. The van der Waals surface area contributed by atoms with Gasteiger partial charge in [0, 0.05) is 6.07 Å².